The number of hydrogen-bond donors (Lipinski definition) is 6. The summed E-state index contributed by atoms with van der Waals surface area (Å²) in [5.41, 5.74) is 8.95. The van der Waals surface area contributed by atoms with E-state index in [0.717, 1.165) is 16.7 Å². The van der Waals surface area contributed by atoms with Gasteiger partial charge in [-0.3, -0.25) is 14.4 Å². The fourth-order valence-corrected chi connectivity index (χ4v) is 8.86. The van der Waals surface area contributed by atoms with E-state index in [0.29, 0.717) is 61.2 Å². The van der Waals surface area contributed by atoms with Gasteiger partial charge in [0.15, 0.2) is 22.4 Å². The monoisotopic (exact) mass is 997 g/mol. The van der Waals surface area contributed by atoms with E-state index >= 15 is 4.39 Å². The number of thiazole rings is 1. The maximum absolute atomic E-state index is 15.6. The Kier molecular flexibility index (Phi) is 20.5. The van der Waals surface area contributed by atoms with E-state index in [1.165, 1.54) is 29.5 Å². The number of nitrogens with one attached hydrogen (secondary N) is 3. The number of nitrogens with zero attached hydrogens (tertiary/aromatic N) is 1. The Hall–Kier alpha value is -6.12. The molecular formula is C53H64FN5O11S. The molecule has 0 radical (unpaired) electrons. The van der Waals surface area contributed by atoms with Gasteiger partial charge in [0.1, 0.15) is 24.3 Å². The minimum Gasteiger partial charge on any atom is -0.487 e. The lowest BCUT2D eigenvalue weighted by Crippen LogP contribution is -2.47. The topological polar surface area (TPSA) is 230 Å². The number of fused-ring (bicyclic) bond motifs is 1. The first-order valence-electron chi connectivity index (χ1n) is 23.8. The lowest BCUT2D eigenvalue weighted by atomic mass is 9.81. The van der Waals surface area contributed by atoms with Gasteiger partial charge in [0, 0.05) is 66.6 Å². The van der Waals surface area contributed by atoms with Crippen LogP contribution in [0, 0.1) is 17.7 Å². The summed E-state index contributed by atoms with van der Waals surface area (Å²) in [6, 6.07) is 22.7. The fraction of sp³-hybridized carbons (Fsp3) is 0.415. The number of rotatable bonds is 29. The molecule has 0 saturated carbocycles. The minimum atomic E-state index is -1.37. The normalized spacial score (nSPS) is 15.6. The van der Waals surface area contributed by atoms with Crippen molar-refractivity contribution < 1.29 is 57.5 Å². The van der Waals surface area contributed by atoms with Crippen LogP contribution in [0.1, 0.15) is 67.1 Å². The molecule has 0 saturated heterocycles. The van der Waals surface area contributed by atoms with E-state index in [-0.39, 0.29) is 87.0 Å². The number of ether oxygens (including phenoxy) is 5. The molecule has 0 aliphatic carbocycles. The predicted molar refractivity (Wildman–Crippen MR) is 267 cm³/mol. The number of anilines is 1. The summed E-state index contributed by atoms with van der Waals surface area (Å²) < 4.78 is 45.2. The average Bonchev–Trinajstić information content (AvgIpc) is 3.85. The summed E-state index contributed by atoms with van der Waals surface area (Å²) in [4.78, 5) is 54.7. The van der Waals surface area contributed by atoms with Gasteiger partial charge >= 0.3 is 5.97 Å². The summed E-state index contributed by atoms with van der Waals surface area (Å²) >= 11 is 1.33. The van der Waals surface area contributed by atoms with Crippen LogP contribution in [0.5, 0.6) is 17.2 Å². The molecule has 5 aromatic rings. The van der Waals surface area contributed by atoms with Crippen LogP contribution < -0.4 is 31.2 Å². The number of carbonyl (C=O) groups excluding carboxylic acids is 3. The lowest BCUT2D eigenvalue weighted by molar-refractivity contribution is -0.134. The van der Waals surface area contributed by atoms with E-state index < -0.39 is 41.2 Å². The molecule has 0 fully saturated rings. The van der Waals surface area contributed by atoms with Crippen LogP contribution in [-0.4, -0.2) is 110 Å². The Balaban J connectivity index is 0.948. The largest absolute Gasteiger partial charge is 0.487 e. The number of nitrogens with two attached hydrogens (primary N) is 1. The Morgan fingerprint density at radius 1 is 0.901 bits per heavy atom. The highest BCUT2D eigenvalue weighted by atomic mass is 32.1. The van der Waals surface area contributed by atoms with Crippen molar-refractivity contribution in [2.75, 3.05) is 64.7 Å². The molecule has 16 nitrogen and oxygen atoms in total. The Bertz CT molecular complexity index is 2510. The zero-order chi connectivity index (χ0) is 50.8. The van der Waals surface area contributed by atoms with Gasteiger partial charge in [0.2, 0.25) is 11.8 Å². The zero-order valence-corrected chi connectivity index (χ0v) is 41.1. The van der Waals surface area contributed by atoms with Crippen molar-refractivity contribution in [1.82, 2.24) is 15.6 Å². The maximum atomic E-state index is 15.6. The fourth-order valence-electron chi connectivity index (χ4n) is 8.32. The van der Waals surface area contributed by atoms with Crippen LogP contribution in [0.4, 0.5) is 9.52 Å². The van der Waals surface area contributed by atoms with Gasteiger partial charge in [-0.25, -0.2) is 14.2 Å². The third-order valence-electron chi connectivity index (χ3n) is 11.9. The molecule has 0 bridgehead atoms. The first-order valence-corrected chi connectivity index (χ1v) is 24.6. The smallest absolute Gasteiger partial charge is 0.335 e. The molecule has 4 atom stereocenters. The van der Waals surface area contributed by atoms with Gasteiger partial charge < -0.3 is 55.6 Å². The van der Waals surface area contributed by atoms with Gasteiger partial charge in [-0.2, -0.15) is 0 Å². The number of aliphatic hydroxyl groups excluding tert-OH is 1. The standard InChI is InChI=1S/C53H64FN5O11S/c1-34(2)27-39(29-45(60)49(62)44(55)28-35-7-5-4-6-8-35)50(63)56-17-19-66-20-21-67-22-23-68-24-25-69-46-30-38-15-16-58-53(3,33-48(61)59-52-57-18-26-71-52)42(38)32-47(46)70-40-13-14-41(43(54)31-40)36-9-11-37(12-10-36)51(64)65/h4-14,18,26,30-32,34,39,44,49,58,62H,15-17,19-25,27-29,33,55H2,1-3H3,(H,56,63)(H,64,65)(H,57,59,61)/t39-,44-,49+,53-/m1/s1. The van der Waals surface area contributed by atoms with Crippen LogP contribution in [-0.2, 0) is 47.0 Å². The number of aromatic carboxylic acids is 1. The number of hydrogen-bond acceptors (Lipinski definition) is 14. The second-order valence-corrected chi connectivity index (χ2v) is 18.8. The van der Waals surface area contributed by atoms with Gasteiger partial charge in [-0.05, 0) is 90.8 Å². The third-order valence-corrected chi connectivity index (χ3v) is 12.6. The first-order chi connectivity index (χ1) is 34.2. The summed E-state index contributed by atoms with van der Waals surface area (Å²) in [7, 11) is 0. The quantitative estimate of drug-likeness (QED) is 0.0267. The zero-order valence-electron chi connectivity index (χ0n) is 40.3. The number of amides is 2. The molecule has 0 spiro atoms. The molecule has 1 aliphatic rings. The van der Waals surface area contributed by atoms with Gasteiger partial charge in [-0.15, -0.1) is 11.3 Å². The molecule has 4 aromatic carbocycles. The van der Waals surface area contributed by atoms with Gasteiger partial charge in [0.05, 0.1) is 45.2 Å². The number of benzene rings is 4. The lowest BCUT2D eigenvalue weighted by Gasteiger charge is -2.37. The number of carboxylic acid groups (broad SMARTS) is 1. The highest BCUT2D eigenvalue weighted by Crippen LogP contribution is 2.42. The Morgan fingerprint density at radius 3 is 2.27 bits per heavy atom. The second kappa shape index (κ2) is 26.9. The number of carbonyl (C=O) groups is 4. The third kappa shape index (κ3) is 16.5. The summed E-state index contributed by atoms with van der Waals surface area (Å²) in [6.45, 7) is 8.54. The molecular weight excluding hydrogens is 934 g/mol. The molecule has 0 unspecified atom stereocenters. The summed E-state index contributed by atoms with van der Waals surface area (Å²) in [5.74, 6) is -2.13. The van der Waals surface area contributed by atoms with Crippen molar-refractivity contribution >= 4 is 40.0 Å². The van der Waals surface area contributed by atoms with Crippen molar-refractivity contribution in [2.24, 2.45) is 17.6 Å². The Labute approximate surface area is 417 Å². The highest BCUT2D eigenvalue weighted by molar-refractivity contribution is 7.13. The average molecular weight is 998 g/mol. The summed E-state index contributed by atoms with van der Waals surface area (Å²) in [5, 5.41) is 31.4. The molecule has 6 rings (SSSR count). The molecule has 71 heavy (non-hydrogen) atoms. The molecule has 1 aliphatic heterocycles. The second-order valence-electron chi connectivity index (χ2n) is 17.9. The number of halogens is 1. The van der Waals surface area contributed by atoms with Crippen molar-refractivity contribution in [3.63, 3.8) is 0 Å². The van der Waals surface area contributed by atoms with Crippen molar-refractivity contribution in [1.29, 1.82) is 0 Å². The number of ketones is 1. The molecule has 7 N–H and O–H groups in total. The van der Waals surface area contributed by atoms with E-state index in [1.54, 1.807) is 35.8 Å². The predicted octanol–water partition coefficient (Wildman–Crippen LogP) is 6.93. The number of Topliss-reactive ketones (excluding diaryl/α,β-unsaturated/α-hetero) is 1. The Morgan fingerprint density at radius 2 is 1.61 bits per heavy atom. The highest BCUT2D eigenvalue weighted by Gasteiger charge is 2.36. The SMILES string of the molecule is CC(C)C[C@H](CC(=O)[C@@H](O)[C@H](N)Cc1ccccc1)C(=O)NCCOCCOCCOCCOc1cc2c(cc1Oc1ccc(-c3ccc(C(=O)O)cc3)c(F)c1)[C@@](C)(CC(=O)Nc1nccs1)NCC2. The van der Waals surface area contributed by atoms with Crippen LogP contribution in [0.2, 0.25) is 0 Å². The van der Waals surface area contributed by atoms with E-state index in [2.05, 4.69) is 20.9 Å². The molecule has 380 valence electrons. The molecule has 2 heterocycles. The summed E-state index contributed by atoms with van der Waals surface area (Å²) in [6.07, 6.45) is 1.72. The number of aliphatic hydroxyl groups is 1. The van der Waals surface area contributed by atoms with Crippen LogP contribution in [0.25, 0.3) is 11.1 Å². The van der Waals surface area contributed by atoms with Crippen LogP contribution in [0.15, 0.2) is 96.5 Å². The number of aromatic nitrogens is 1. The minimum absolute atomic E-state index is 0.0915. The molecule has 1 aromatic heterocycles. The van der Waals surface area contributed by atoms with E-state index in [9.17, 15) is 29.4 Å². The van der Waals surface area contributed by atoms with Crippen molar-refractivity contribution in [3.05, 3.63) is 125 Å². The van der Waals surface area contributed by atoms with Gasteiger partial charge in [0.25, 0.3) is 0 Å². The van der Waals surface area contributed by atoms with Crippen LogP contribution >= 0.6 is 11.3 Å². The number of carboxylic acids is 1. The first kappa shape index (κ1) is 54.2. The maximum Gasteiger partial charge on any atom is 0.335 e. The van der Waals surface area contributed by atoms with Gasteiger partial charge in [-0.1, -0.05) is 56.3 Å². The van der Waals surface area contributed by atoms with E-state index in [4.69, 9.17) is 29.4 Å². The molecule has 18 heteroatoms. The van der Waals surface area contributed by atoms with Crippen molar-refractivity contribution in [3.8, 4) is 28.4 Å². The van der Waals surface area contributed by atoms with Crippen LogP contribution in [0.3, 0.4) is 0 Å². The molecule has 2 amide bonds. The van der Waals surface area contributed by atoms with Crippen molar-refractivity contribution in [2.45, 2.75) is 70.6 Å². The van der Waals surface area contributed by atoms with E-state index in [1.807, 2.05) is 63.2 Å².